The van der Waals surface area contributed by atoms with Crippen LogP contribution >= 0.6 is 0 Å². The van der Waals surface area contributed by atoms with Gasteiger partial charge in [0.05, 0.1) is 17.5 Å². The van der Waals surface area contributed by atoms with Gasteiger partial charge in [-0.25, -0.2) is 8.42 Å². The molecular weight excluding hydrogens is 310 g/mol. The van der Waals surface area contributed by atoms with Crippen LogP contribution in [0.4, 0.5) is 5.69 Å². The van der Waals surface area contributed by atoms with E-state index in [9.17, 15) is 18.0 Å². The number of sulfonamides is 1. The molecule has 118 valence electrons. The van der Waals surface area contributed by atoms with E-state index in [0.717, 1.165) is 11.6 Å². The molecule has 1 aromatic heterocycles. The quantitative estimate of drug-likeness (QED) is 0.702. The number of anilines is 1. The highest BCUT2D eigenvalue weighted by atomic mass is 32.2. The van der Waals surface area contributed by atoms with Crippen molar-refractivity contribution in [1.29, 1.82) is 0 Å². The molecule has 2 aromatic rings. The van der Waals surface area contributed by atoms with E-state index in [-0.39, 0.29) is 6.54 Å². The molecule has 22 heavy (non-hydrogen) atoms. The first-order chi connectivity index (χ1) is 10.2. The molecule has 0 bridgehead atoms. The van der Waals surface area contributed by atoms with E-state index in [1.165, 1.54) is 0 Å². The third-order valence-corrected chi connectivity index (χ3v) is 3.43. The maximum absolute atomic E-state index is 11.7. The van der Waals surface area contributed by atoms with Gasteiger partial charge in [-0.2, -0.15) is 0 Å². The van der Waals surface area contributed by atoms with E-state index in [1.807, 2.05) is 0 Å². The Kier molecular flexibility index (Phi) is 4.36. The molecule has 0 aliphatic rings. The van der Waals surface area contributed by atoms with Gasteiger partial charge in [0, 0.05) is 6.20 Å². The average molecular weight is 325 g/mol. The highest BCUT2D eigenvalue weighted by Gasteiger charge is 2.09. The van der Waals surface area contributed by atoms with Gasteiger partial charge in [-0.1, -0.05) is 6.07 Å². The Morgan fingerprint density at radius 1 is 1.27 bits per heavy atom. The SMILES string of the molecule is CS(=O)(=O)Nc1ccc2ccn(CC(=O)NCC(=O)O)c2c1. The van der Waals surface area contributed by atoms with Gasteiger partial charge in [0.2, 0.25) is 15.9 Å². The normalized spacial score (nSPS) is 11.3. The topological polar surface area (TPSA) is 118 Å². The van der Waals surface area contributed by atoms with Crippen molar-refractivity contribution in [1.82, 2.24) is 9.88 Å². The predicted molar refractivity (Wildman–Crippen MR) is 81.1 cm³/mol. The molecule has 3 N–H and O–H groups in total. The Balaban J connectivity index is 2.21. The van der Waals surface area contributed by atoms with Crippen LogP contribution in [0.15, 0.2) is 30.5 Å². The number of fused-ring (bicyclic) bond motifs is 1. The Morgan fingerprint density at radius 3 is 2.64 bits per heavy atom. The molecule has 9 heteroatoms. The van der Waals surface area contributed by atoms with Crippen molar-refractivity contribution in [3.8, 4) is 0 Å². The molecule has 0 aliphatic carbocycles. The highest BCUT2D eigenvalue weighted by Crippen LogP contribution is 2.21. The van der Waals surface area contributed by atoms with Crippen LogP contribution in [-0.4, -0.2) is 42.8 Å². The number of carboxylic acid groups (broad SMARTS) is 1. The standard InChI is InChI=1S/C13H15N3O5S/c1-22(20,21)15-10-3-2-9-4-5-16(11(9)6-10)8-12(17)14-7-13(18)19/h2-6,15H,7-8H2,1H3,(H,14,17)(H,18,19). The summed E-state index contributed by atoms with van der Waals surface area (Å²) in [6.07, 6.45) is 2.73. The summed E-state index contributed by atoms with van der Waals surface area (Å²) in [5.74, 6) is -1.56. The zero-order valence-electron chi connectivity index (χ0n) is 11.7. The number of carbonyl (C=O) groups excluding carboxylic acids is 1. The first kappa shape index (κ1) is 15.8. The second-order valence-corrected chi connectivity index (χ2v) is 6.51. The van der Waals surface area contributed by atoms with Crippen LogP contribution in [0.2, 0.25) is 0 Å². The monoisotopic (exact) mass is 325 g/mol. The molecule has 0 atom stereocenters. The predicted octanol–water partition coefficient (Wildman–Crippen LogP) is 0.214. The molecule has 0 radical (unpaired) electrons. The summed E-state index contributed by atoms with van der Waals surface area (Å²) in [7, 11) is -3.39. The van der Waals surface area contributed by atoms with Crippen molar-refractivity contribution >= 4 is 38.5 Å². The summed E-state index contributed by atoms with van der Waals surface area (Å²) in [4.78, 5) is 22.1. The minimum atomic E-state index is -3.39. The van der Waals surface area contributed by atoms with Gasteiger partial charge >= 0.3 is 5.97 Å². The van der Waals surface area contributed by atoms with Crippen molar-refractivity contribution < 1.29 is 23.1 Å². The van der Waals surface area contributed by atoms with Crippen LogP contribution in [0.25, 0.3) is 10.9 Å². The number of carboxylic acids is 1. The summed E-state index contributed by atoms with van der Waals surface area (Å²) in [5, 5.41) is 11.6. The molecule has 0 saturated carbocycles. The lowest BCUT2D eigenvalue weighted by Gasteiger charge is -2.08. The second kappa shape index (κ2) is 6.06. The van der Waals surface area contributed by atoms with Gasteiger partial charge in [-0.3, -0.25) is 14.3 Å². The zero-order valence-corrected chi connectivity index (χ0v) is 12.6. The maximum atomic E-state index is 11.7. The first-order valence-corrected chi connectivity index (χ1v) is 8.19. The van der Waals surface area contributed by atoms with E-state index in [0.29, 0.717) is 11.2 Å². The Hall–Kier alpha value is -2.55. The summed E-state index contributed by atoms with van der Waals surface area (Å²) < 4.78 is 26.5. The smallest absolute Gasteiger partial charge is 0.322 e. The van der Waals surface area contributed by atoms with Gasteiger partial charge in [0.25, 0.3) is 0 Å². The number of hydrogen-bond acceptors (Lipinski definition) is 4. The molecule has 0 spiro atoms. The third kappa shape index (κ3) is 4.22. The molecule has 2 rings (SSSR count). The number of nitrogens with zero attached hydrogens (tertiary/aromatic N) is 1. The number of nitrogens with one attached hydrogen (secondary N) is 2. The third-order valence-electron chi connectivity index (χ3n) is 2.83. The van der Waals surface area contributed by atoms with Crippen molar-refractivity contribution in [3.63, 3.8) is 0 Å². The molecular formula is C13H15N3O5S. The zero-order chi connectivity index (χ0) is 16.3. The fourth-order valence-electron chi connectivity index (χ4n) is 1.98. The van der Waals surface area contributed by atoms with Crippen LogP contribution in [-0.2, 0) is 26.2 Å². The molecule has 0 fully saturated rings. The van der Waals surface area contributed by atoms with Crippen LogP contribution in [0.5, 0.6) is 0 Å². The number of carbonyl (C=O) groups is 2. The van der Waals surface area contributed by atoms with E-state index < -0.39 is 28.4 Å². The summed E-state index contributed by atoms with van der Waals surface area (Å²) in [6.45, 7) is -0.502. The summed E-state index contributed by atoms with van der Waals surface area (Å²) in [6, 6.07) is 6.75. The number of aliphatic carboxylic acids is 1. The summed E-state index contributed by atoms with van der Waals surface area (Å²) >= 11 is 0. The van der Waals surface area contributed by atoms with Gasteiger partial charge in [0.1, 0.15) is 13.1 Å². The van der Waals surface area contributed by atoms with Gasteiger partial charge < -0.3 is 15.0 Å². The van der Waals surface area contributed by atoms with Gasteiger partial charge in [-0.15, -0.1) is 0 Å². The number of amides is 1. The largest absolute Gasteiger partial charge is 0.480 e. The first-order valence-electron chi connectivity index (χ1n) is 6.30. The Labute approximate surface area is 126 Å². The van der Waals surface area contributed by atoms with Crippen LogP contribution < -0.4 is 10.0 Å². The lowest BCUT2D eigenvalue weighted by atomic mass is 10.2. The van der Waals surface area contributed by atoms with Crippen LogP contribution in [0, 0.1) is 0 Å². The molecule has 0 unspecified atom stereocenters. The molecule has 1 aromatic carbocycles. The number of hydrogen-bond donors (Lipinski definition) is 3. The average Bonchev–Trinajstić information content (AvgIpc) is 2.77. The van der Waals surface area contributed by atoms with Crippen LogP contribution in [0.3, 0.4) is 0 Å². The van der Waals surface area contributed by atoms with Crippen molar-refractivity contribution in [2.45, 2.75) is 6.54 Å². The molecule has 0 saturated heterocycles. The number of benzene rings is 1. The van der Waals surface area contributed by atoms with Crippen molar-refractivity contribution in [2.24, 2.45) is 0 Å². The van der Waals surface area contributed by atoms with Crippen LogP contribution in [0.1, 0.15) is 0 Å². The lowest BCUT2D eigenvalue weighted by molar-refractivity contribution is -0.138. The van der Waals surface area contributed by atoms with Crippen molar-refractivity contribution in [3.05, 3.63) is 30.5 Å². The number of aromatic nitrogens is 1. The maximum Gasteiger partial charge on any atom is 0.322 e. The molecule has 8 nitrogen and oxygen atoms in total. The highest BCUT2D eigenvalue weighted by molar-refractivity contribution is 7.92. The van der Waals surface area contributed by atoms with Gasteiger partial charge in [0.15, 0.2) is 0 Å². The Bertz CT molecular complexity index is 825. The molecule has 0 aliphatic heterocycles. The number of rotatable bonds is 6. The van der Waals surface area contributed by atoms with E-state index in [1.54, 1.807) is 35.0 Å². The minimum Gasteiger partial charge on any atom is -0.480 e. The van der Waals surface area contributed by atoms with Crippen molar-refractivity contribution in [2.75, 3.05) is 17.5 Å². The lowest BCUT2D eigenvalue weighted by Crippen LogP contribution is -2.31. The van der Waals surface area contributed by atoms with E-state index in [2.05, 4.69) is 10.0 Å². The molecule has 1 heterocycles. The minimum absolute atomic E-state index is 0.0564. The molecule has 1 amide bonds. The van der Waals surface area contributed by atoms with E-state index in [4.69, 9.17) is 5.11 Å². The second-order valence-electron chi connectivity index (χ2n) is 4.76. The fraction of sp³-hybridized carbons (Fsp3) is 0.231. The van der Waals surface area contributed by atoms with Gasteiger partial charge in [-0.05, 0) is 23.6 Å². The summed E-state index contributed by atoms with van der Waals surface area (Å²) in [5.41, 5.74) is 1.06. The Morgan fingerprint density at radius 2 is 2.00 bits per heavy atom. The fourth-order valence-corrected chi connectivity index (χ4v) is 2.54. The van der Waals surface area contributed by atoms with E-state index >= 15 is 0 Å².